The summed E-state index contributed by atoms with van der Waals surface area (Å²) in [5.74, 6) is -0.738. The molecule has 0 heterocycles. The second-order valence-corrected chi connectivity index (χ2v) is 6.30. The third-order valence-corrected chi connectivity index (χ3v) is 4.10. The van der Waals surface area contributed by atoms with E-state index >= 15 is 0 Å². The Morgan fingerprint density at radius 3 is 2.46 bits per heavy atom. The zero-order valence-electron chi connectivity index (χ0n) is 13.9. The Morgan fingerprint density at radius 1 is 1.08 bits per heavy atom. The molecule has 3 rings (SSSR count). The first kappa shape index (κ1) is 16.2. The molecule has 1 aliphatic rings. The van der Waals surface area contributed by atoms with E-state index in [4.69, 9.17) is 4.74 Å². The SMILES string of the molecule is Cc1ccc(C)c(C(=O)O[C@@H](C(=O)NC2CC2)c2ccccc2)c1. The first-order valence-electron chi connectivity index (χ1n) is 8.18. The summed E-state index contributed by atoms with van der Waals surface area (Å²) < 4.78 is 5.60. The molecule has 0 radical (unpaired) electrons. The van der Waals surface area contributed by atoms with Crippen LogP contribution in [0, 0.1) is 13.8 Å². The van der Waals surface area contributed by atoms with Gasteiger partial charge in [-0.15, -0.1) is 0 Å². The second kappa shape index (κ2) is 6.87. The van der Waals surface area contributed by atoms with Gasteiger partial charge in [-0.2, -0.15) is 0 Å². The zero-order valence-corrected chi connectivity index (χ0v) is 13.9. The van der Waals surface area contributed by atoms with Crippen LogP contribution in [0.3, 0.4) is 0 Å². The molecular weight excluding hydrogens is 302 g/mol. The molecule has 4 heteroatoms. The fourth-order valence-corrected chi connectivity index (χ4v) is 2.53. The molecule has 24 heavy (non-hydrogen) atoms. The number of rotatable bonds is 5. The number of ether oxygens (including phenoxy) is 1. The van der Waals surface area contributed by atoms with Gasteiger partial charge in [-0.3, -0.25) is 4.79 Å². The molecule has 2 aromatic carbocycles. The maximum absolute atomic E-state index is 12.6. The molecule has 0 aliphatic heterocycles. The maximum atomic E-state index is 12.6. The normalized spacial score (nSPS) is 14.8. The summed E-state index contributed by atoms with van der Waals surface area (Å²) in [5.41, 5.74) is 2.98. The largest absolute Gasteiger partial charge is 0.444 e. The van der Waals surface area contributed by atoms with Gasteiger partial charge in [0.1, 0.15) is 0 Å². The van der Waals surface area contributed by atoms with Crippen LogP contribution in [-0.2, 0) is 9.53 Å². The minimum Gasteiger partial charge on any atom is -0.444 e. The quantitative estimate of drug-likeness (QED) is 0.857. The van der Waals surface area contributed by atoms with Crippen LogP contribution >= 0.6 is 0 Å². The lowest BCUT2D eigenvalue weighted by Gasteiger charge is -2.18. The van der Waals surface area contributed by atoms with E-state index in [-0.39, 0.29) is 11.9 Å². The van der Waals surface area contributed by atoms with Crippen molar-refractivity contribution in [3.63, 3.8) is 0 Å². The number of amides is 1. The maximum Gasteiger partial charge on any atom is 0.339 e. The summed E-state index contributed by atoms with van der Waals surface area (Å²) in [6.07, 6.45) is 1.04. The van der Waals surface area contributed by atoms with Crippen molar-refractivity contribution < 1.29 is 14.3 Å². The van der Waals surface area contributed by atoms with Gasteiger partial charge in [0.25, 0.3) is 5.91 Å². The Balaban J connectivity index is 1.84. The Labute approximate surface area is 141 Å². The molecule has 1 fully saturated rings. The van der Waals surface area contributed by atoms with Crippen molar-refractivity contribution in [3.05, 3.63) is 70.8 Å². The van der Waals surface area contributed by atoms with E-state index in [2.05, 4.69) is 5.32 Å². The average Bonchev–Trinajstić information content (AvgIpc) is 3.39. The van der Waals surface area contributed by atoms with Gasteiger partial charge in [-0.05, 0) is 38.3 Å². The molecule has 1 atom stereocenters. The van der Waals surface area contributed by atoms with E-state index in [0.717, 1.165) is 24.0 Å². The minimum absolute atomic E-state index is 0.211. The van der Waals surface area contributed by atoms with Gasteiger partial charge in [-0.25, -0.2) is 4.79 Å². The lowest BCUT2D eigenvalue weighted by molar-refractivity contribution is -0.130. The number of nitrogens with one attached hydrogen (secondary N) is 1. The van der Waals surface area contributed by atoms with E-state index in [9.17, 15) is 9.59 Å². The van der Waals surface area contributed by atoms with Crippen LogP contribution in [0.2, 0.25) is 0 Å². The lowest BCUT2D eigenvalue weighted by Crippen LogP contribution is -2.33. The first-order valence-corrected chi connectivity index (χ1v) is 8.18. The second-order valence-electron chi connectivity index (χ2n) is 6.30. The van der Waals surface area contributed by atoms with Gasteiger partial charge < -0.3 is 10.1 Å². The minimum atomic E-state index is -0.931. The van der Waals surface area contributed by atoms with E-state index in [1.807, 2.05) is 44.2 Å². The summed E-state index contributed by atoms with van der Waals surface area (Å²) in [5, 5.41) is 2.92. The molecule has 0 saturated heterocycles. The molecule has 2 aromatic rings. The molecule has 1 saturated carbocycles. The van der Waals surface area contributed by atoms with E-state index in [1.54, 1.807) is 18.2 Å². The summed E-state index contributed by atoms with van der Waals surface area (Å²) in [6, 6.07) is 15.0. The van der Waals surface area contributed by atoms with Crippen molar-refractivity contribution in [1.29, 1.82) is 0 Å². The van der Waals surface area contributed by atoms with Crippen molar-refractivity contribution in [2.75, 3.05) is 0 Å². The van der Waals surface area contributed by atoms with E-state index in [0.29, 0.717) is 11.1 Å². The summed E-state index contributed by atoms with van der Waals surface area (Å²) >= 11 is 0. The highest BCUT2D eigenvalue weighted by Gasteiger charge is 2.31. The van der Waals surface area contributed by atoms with Crippen LogP contribution in [0.25, 0.3) is 0 Å². The van der Waals surface area contributed by atoms with Crippen LogP contribution in [-0.4, -0.2) is 17.9 Å². The fraction of sp³-hybridized carbons (Fsp3) is 0.300. The van der Waals surface area contributed by atoms with Gasteiger partial charge in [0.2, 0.25) is 6.10 Å². The summed E-state index contributed by atoms with van der Waals surface area (Å²) in [7, 11) is 0. The average molecular weight is 323 g/mol. The number of carbonyl (C=O) groups is 2. The Hall–Kier alpha value is -2.62. The number of hydrogen-bond acceptors (Lipinski definition) is 3. The number of hydrogen-bond donors (Lipinski definition) is 1. The van der Waals surface area contributed by atoms with Gasteiger partial charge in [-0.1, -0.05) is 48.0 Å². The number of benzene rings is 2. The van der Waals surface area contributed by atoms with Gasteiger partial charge in [0.15, 0.2) is 0 Å². The van der Waals surface area contributed by atoms with Crippen molar-refractivity contribution in [3.8, 4) is 0 Å². The molecule has 4 nitrogen and oxygen atoms in total. The Morgan fingerprint density at radius 2 is 1.79 bits per heavy atom. The van der Waals surface area contributed by atoms with E-state index < -0.39 is 12.1 Å². The molecular formula is C20H21NO3. The van der Waals surface area contributed by atoms with Crippen LogP contribution in [0.1, 0.15) is 46.0 Å². The molecule has 1 aliphatic carbocycles. The standard InChI is InChI=1S/C20H21NO3/c1-13-8-9-14(2)17(12-13)20(23)24-18(15-6-4-3-5-7-15)19(22)21-16-10-11-16/h3-9,12,16,18H,10-11H2,1-2H3,(H,21,22)/t18-/m1/s1. The third-order valence-electron chi connectivity index (χ3n) is 4.10. The van der Waals surface area contributed by atoms with Crippen molar-refractivity contribution in [2.24, 2.45) is 0 Å². The van der Waals surface area contributed by atoms with Crippen LogP contribution in [0.5, 0.6) is 0 Å². The van der Waals surface area contributed by atoms with E-state index in [1.165, 1.54) is 0 Å². The lowest BCUT2D eigenvalue weighted by atomic mass is 10.1. The van der Waals surface area contributed by atoms with Crippen molar-refractivity contribution in [2.45, 2.75) is 38.8 Å². The highest BCUT2D eigenvalue weighted by atomic mass is 16.5. The van der Waals surface area contributed by atoms with Crippen LogP contribution in [0.4, 0.5) is 0 Å². The number of esters is 1. The Bertz CT molecular complexity index is 751. The Kier molecular flexibility index (Phi) is 4.65. The smallest absolute Gasteiger partial charge is 0.339 e. The van der Waals surface area contributed by atoms with Crippen LogP contribution < -0.4 is 5.32 Å². The monoisotopic (exact) mass is 323 g/mol. The third kappa shape index (κ3) is 3.82. The molecule has 0 unspecified atom stereocenters. The first-order chi connectivity index (χ1) is 11.5. The van der Waals surface area contributed by atoms with Gasteiger partial charge >= 0.3 is 5.97 Å². The predicted molar refractivity (Wildman–Crippen MR) is 91.7 cm³/mol. The number of aryl methyl sites for hydroxylation is 2. The highest BCUT2D eigenvalue weighted by Crippen LogP contribution is 2.24. The molecule has 1 N–H and O–H groups in total. The number of carbonyl (C=O) groups excluding carboxylic acids is 2. The molecule has 1 amide bonds. The van der Waals surface area contributed by atoms with Gasteiger partial charge in [0, 0.05) is 11.6 Å². The van der Waals surface area contributed by atoms with Crippen LogP contribution in [0.15, 0.2) is 48.5 Å². The summed E-state index contributed by atoms with van der Waals surface area (Å²) in [6.45, 7) is 3.78. The fourth-order valence-electron chi connectivity index (χ4n) is 2.53. The molecule has 0 aromatic heterocycles. The summed E-state index contributed by atoms with van der Waals surface area (Å²) in [4.78, 5) is 25.1. The zero-order chi connectivity index (χ0) is 17.1. The molecule has 0 spiro atoms. The van der Waals surface area contributed by atoms with Gasteiger partial charge in [0.05, 0.1) is 5.56 Å². The predicted octanol–water partition coefficient (Wildman–Crippen LogP) is 3.48. The molecule has 124 valence electrons. The van der Waals surface area contributed by atoms with Crippen molar-refractivity contribution in [1.82, 2.24) is 5.32 Å². The van der Waals surface area contributed by atoms with Crippen molar-refractivity contribution >= 4 is 11.9 Å². The molecule has 0 bridgehead atoms. The highest BCUT2D eigenvalue weighted by molar-refractivity contribution is 5.94. The topological polar surface area (TPSA) is 55.4 Å².